The Kier molecular flexibility index (Phi) is 5.92. The molecule has 122 valence electrons. The molecule has 2 rings (SSSR count). The Morgan fingerprint density at radius 3 is 2.39 bits per heavy atom. The molecule has 2 aromatic carbocycles. The second-order valence-electron chi connectivity index (χ2n) is 5.10. The predicted octanol–water partition coefficient (Wildman–Crippen LogP) is 2.00. The molecular weight excluding hydrogens is 380 g/mol. The van der Waals surface area contributed by atoms with Gasteiger partial charge in [0.15, 0.2) is 0 Å². The van der Waals surface area contributed by atoms with Crippen LogP contribution >= 0.6 is 15.9 Å². The van der Waals surface area contributed by atoms with Crippen LogP contribution in [0.5, 0.6) is 0 Å². The molecule has 0 fully saturated rings. The van der Waals surface area contributed by atoms with E-state index in [4.69, 9.17) is 5.14 Å². The van der Waals surface area contributed by atoms with Crippen LogP contribution in [0, 0.1) is 0 Å². The summed E-state index contributed by atoms with van der Waals surface area (Å²) in [6.07, 6.45) is 0.943. The smallest absolute Gasteiger partial charge is 0.238 e. The van der Waals surface area contributed by atoms with Crippen LogP contribution in [0.1, 0.15) is 11.1 Å². The molecule has 0 aliphatic heterocycles. The summed E-state index contributed by atoms with van der Waals surface area (Å²) in [6, 6.07) is 13.9. The minimum atomic E-state index is -3.67. The first-order valence-electron chi connectivity index (χ1n) is 6.97. The van der Waals surface area contributed by atoms with Gasteiger partial charge in [0.1, 0.15) is 0 Å². The van der Waals surface area contributed by atoms with Gasteiger partial charge < -0.3 is 5.32 Å². The fourth-order valence-corrected chi connectivity index (χ4v) is 3.05. The fraction of sp³-hybridized carbons (Fsp3) is 0.188. The van der Waals surface area contributed by atoms with Crippen molar-refractivity contribution in [2.24, 2.45) is 5.14 Å². The third kappa shape index (κ3) is 5.78. The van der Waals surface area contributed by atoms with Gasteiger partial charge in [0, 0.05) is 11.0 Å². The van der Waals surface area contributed by atoms with Gasteiger partial charge in [-0.05, 0) is 41.8 Å². The quantitative estimate of drug-likeness (QED) is 0.782. The molecule has 0 aromatic heterocycles. The Morgan fingerprint density at radius 2 is 1.78 bits per heavy atom. The summed E-state index contributed by atoms with van der Waals surface area (Å²) in [7, 11) is -3.67. The lowest BCUT2D eigenvalue weighted by Crippen LogP contribution is -2.27. The summed E-state index contributed by atoms with van der Waals surface area (Å²) in [5.41, 5.74) is 1.87. The van der Waals surface area contributed by atoms with E-state index in [0.29, 0.717) is 19.4 Å². The fourth-order valence-electron chi connectivity index (χ4n) is 2.09. The van der Waals surface area contributed by atoms with E-state index < -0.39 is 10.0 Å². The molecule has 3 N–H and O–H groups in total. The van der Waals surface area contributed by atoms with Crippen molar-refractivity contribution in [1.29, 1.82) is 0 Å². The van der Waals surface area contributed by atoms with E-state index in [1.54, 1.807) is 12.1 Å². The van der Waals surface area contributed by atoms with Gasteiger partial charge in [-0.1, -0.05) is 40.2 Å². The molecule has 5 nitrogen and oxygen atoms in total. The average Bonchev–Trinajstić information content (AvgIpc) is 2.47. The van der Waals surface area contributed by atoms with Crippen LogP contribution in [0.4, 0.5) is 0 Å². The molecule has 23 heavy (non-hydrogen) atoms. The standard InChI is InChI=1S/C16H17BrN2O3S/c17-14-3-1-2-13(10-14)11-16(20)19-9-8-12-4-6-15(7-5-12)23(18,21)22/h1-7,10H,8-9,11H2,(H,19,20)(H2,18,21,22). The van der Waals surface area contributed by atoms with Gasteiger partial charge in [0.25, 0.3) is 0 Å². The molecular formula is C16H17BrN2O3S. The third-order valence-electron chi connectivity index (χ3n) is 3.24. The average molecular weight is 397 g/mol. The first-order valence-corrected chi connectivity index (χ1v) is 9.31. The van der Waals surface area contributed by atoms with E-state index in [2.05, 4.69) is 21.2 Å². The number of carbonyl (C=O) groups is 1. The number of carbonyl (C=O) groups excluding carboxylic acids is 1. The van der Waals surface area contributed by atoms with Gasteiger partial charge >= 0.3 is 0 Å². The van der Waals surface area contributed by atoms with Gasteiger partial charge in [-0.25, -0.2) is 13.6 Å². The molecule has 0 radical (unpaired) electrons. The van der Waals surface area contributed by atoms with Crippen LogP contribution in [0.25, 0.3) is 0 Å². The molecule has 0 spiro atoms. The lowest BCUT2D eigenvalue weighted by atomic mass is 10.1. The van der Waals surface area contributed by atoms with Crippen molar-refractivity contribution in [2.75, 3.05) is 6.54 Å². The Morgan fingerprint density at radius 1 is 1.09 bits per heavy atom. The topological polar surface area (TPSA) is 89.3 Å². The number of halogens is 1. The van der Waals surface area contributed by atoms with Crippen molar-refractivity contribution >= 4 is 31.9 Å². The Balaban J connectivity index is 1.81. The molecule has 7 heteroatoms. The van der Waals surface area contributed by atoms with E-state index in [9.17, 15) is 13.2 Å². The van der Waals surface area contributed by atoms with Crippen LogP contribution in [0.15, 0.2) is 57.9 Å². The second-order valence-corrected chi connectivity index (χ2v) is 7.57. The molecule has 0 saturated carbocycles. The first-order chi connectivity index (χ1) is 10.8. The maximum atomic E-state index is 11.9. The molecule has 0 atom stereocenters. The van der Waals surface area contributed by atoms with Crippen LogP contribution in [-0.4, -0.2) is 20.9 Å². The van der Waals surface area contributed by atoms with Gasteiger partial charge in [-0.15, -0.1) is 0 Å². The molecule has 0 unspecified atom stereocenters. The van der Waals surface area contributed by atoms with Gasteiger partial charge in [0.2, 0.25) is 15.9 Å². The maximum absolute atomic E-state index is 11.9. The number of nitrogens with one attached hydrogen (secondary N) is 1. The van der Waals surface area contributed by atoms with Crippen molar-refractivity contribution in [3.63, 3.8) is 0 Å². The highest BCUT2D eigenvalue weighted by atomic mass is 79.9. The first kappa shape index (κ1) is 17.7. The van der Waals surface area contributed by atoms with Gasteiger partial charge in [-0.3, -0.25) is 4.79 Å². The normalized spacial score (nSPS) is 11.2. The highest BCUT2D eigenvalue weighted by molar-refractivity contribution is 9.10. The lowest BCUT2D eigenvalue weighted by Gasteiger charge is -2.06. The van der Waals surface area contributed by atoms with Crippen LogP contribution < -0.4 is 10.5 Å². The Labute approximate surface area is 144 Å². The SMILES string of the molecule is NS(=O)(=O)c1ccc(CCNC(=O)Cc2cccc(Br)c2)cc1. The molecule has 0 aliphatic rings. The van der Waals surface area contributed by atoms with Crippen LogP contribution in [0.2, 0.25) is 0 Å². The monoisotopic (exact) mass is 396 g/mol. The number of primary sulfonamides is 1. The highest BCUT2D eigenvalue weighted by Crippen LogP contribution is 2.12. The molecule has 2 aromatic rings. The van der Waals surface area contributed by atoms with E-state index in [-0.39, 0.29) is 10.8 Å². The molecule has 0 saturated heterocycles. The molecule has 0 heterocycles. The van der Waals surface area contributed by atoms with Crippen LogP contribution in [0.3, 0.4) is 0 Å². The molecule has 0 aliphatic carbocycles. The molecule has 0 bridgehead atoms. The predicted molar refractivity (Wildman–Crippen MR) is 92.4 cm³/mol. The van der Waals surface area contributed by atoms with E-state index in [1.165, 1.54) is 12.1 Å². The zero-order chi connectivity index (χ0) is 16.9. The zero-order valence-corrected chi connectivity index (χ0v) is 14.7. The van der Waals surface area contributed by atoms with Crippen molar-refractivity contribution in [3.8, 4) is 0 Å². The summed E-state index contributed by atoms with van der Waals surface area (Å²) in [5, 5.41) is 7.89. The highest BCUT2D eigenvalue weighted by Gasteiger charge is 2.07. The second kappa shape index (κ2) is 7.72. The minimum absolute atomic E-state index is 0.0516. The third-order valence-corrected chi connectivity index (χ3v) is 4.66. The number of nitrogens with two attached hydrogens (primary N) is 1. The molecule has 1 amide bonds. The van der Waals surface area contributed by atoms with Gasteiger partial charge in [-0.2, -0.15) is 0 Å². The largest absolute Gasteiger partial charge is 0.355 e. The lowest BCUT2D eigenvalue weighted by molar-refractivity contribution is -0.120. The number of amides is 1. The Bertz CT molecular complexity index is 789. The number of hydrogen-bond acceptors (Lipinski definition) is 3. The minimum Gasteiger partial charge on any atom is -0.355 e. The summed E-state index contributed by atoms with van der Waals surface area (Å²) < 4.78 is 23.3. The van der Waals surface area contributed by atoms with Crippen molar-refractivity contribution < 1.29 is 13.2 Å². The summed E-state index contributed by atoms with van der Waals surface area (Å²) in [6.45, 7) is 0.488. The summed E-state index contributed by atoms with van der Waals surface area (Å²) in [4.78, 5) is 12.0. The maximum Gasteiger partial charge on any atom is 0.238 e. The number of sulfonamides is 1. The van der Waals surface area contributed by atoms with Crippen LogP contribution in [-0.2, 0) is 27.7 Å². The van der Waals surface area contributed by atoms with Crippen molar-refractivity contribution in [1.82, 2.24) is 5.32 Å². The van der Waals surface area contributed by atoms with Crippen molar-refractivity contribution in [3.05, 3.63) is 64.1 Å². The van der Waals surface area contributed by atoms with E-state index in [1.807, 2.05) is 24.3 Å². The van der Waals surface area contributed by atoms with Gasteiger partial charge in [0.05, 0.1) is 11.3 Å². The van der Waals surface area contributed by atoms with Crippen molar-refractivity contribution in [2.45, 2.75) is 17.7 Å². The zero-order valence-electron chi connectivity index (χ0n) is 12.3. The summed E-state index contributed by atoms with van der Waals surface area (Å²) in [5.74, 6) is -0.0516. The number of benzene rings is 2. The van der Waals surface area contributed by atoms with E-state index >= 15 is 0 Å². The summed E-state index contributed by atoms with van der Waals surface area (Å²) >= 11 is 3.37. The number of rotatable bonds is 6. The van der Waals surface area contributed by atoms with E-state index in [0.717, 1.165) is 15.6 Å². The Hall–Kier alpha value is -1.70. The number of hydrogen-bond donors (Lipinski definition) is 2.